The Morgan fingerprint density at radius 3 is 2.79 bits per heavy atom. The van der Waals surface area contributed by atoms with Crippen LogP contribution in [0.4, 0.5) is 0 Å². The number of piperidine rings is 1. The molecule has 24 heavy (non-hydrogen) atoms. The van der Waals surface area contributed by atoms with Crippen molar-refractivity contribution in [3.05, 3.63) is 21.9 Å². The zero-order valence-corrected chi connectivity index (χ0v) is 16.0. The van der Waals surface area contributed by atoms with Gasteiger partial charge in [-0.1, -0.05) is 0 Å². The van der Waals surface area contributed by atoms with Crippen molar-refractivity contribution in [1.29, 1.82) is 0 Å². The van der Waals surface area contributed by atoms with E-state index in [9.17, 15) is 13.2 Å². The van der Waals surface area contributed by atoms with Gasteiger partial charge in [0.15, 0.2) is 0 Å². The highest BCUT2D eigenvalue weighted by Crippen LogP contribution is 2.44. The molecule has 1 aromatic heterocycles. The minimum atomic E-state index is -3.23. The molecule has 2 aliphatic heterocycles. The van der Waals surface area contributed by atoms with Crippen molar-refractivity contribution >= 4 is 27.3 Å². The largest absolute Gasteiger partial charge is 0.384 e. The molecular formula is C16H24N2O4S2. The van der Waals surface area contributed by atoms with E-state index >= 15 is 0 Å². The molecule has 2 unspecified atom stereocenters. The van der Waals surface area contributed by atoms with Crippen molar-refractivity contribution in [2.24, 2.45) is 11.3 Å². The number of sulfonamides is 1. The Bertz CT molecular complexity index is 730. The Morgan fingerprint density at radius 1 is 1.46 bits per heavy atom. The minimum Gasteiger partial charge on any atom is -0.384 e. The van der Waals surface area contributed by atoms with Crippen LogP contribution >= 0.6 is 11.3 Å². The van der Waals surface area contributed by atoms with Crippen LogP contribution in [0, 0.1) is 18.3 Å². The number of ether oxygens (including phenoxy) is 1. The first-order chi connectivity index (χ1) is 11.3. The number of likely N-dealkylation sites (tertiary alicyclic amines) is 1. The molecule has 2 saturated heterocycles. The van der Waals surface area contributed by atoms with E-state index in [0.717, 1.165) is 16.9 Å². The first-order valence-electron chi connectivity index (χ1n) is 8.04. The standard InChI is InChI=1S/C16H24N2O4S2/c1-12-4-7-23-14(12)15(19)17-6-5-16(11-22-2)10-18(24(3,20)21)9-13(16)8-17/h4,7,13H,5-6,8-11H2,1-3H3. The fraction of sp³-hybridized carbons (Fsp3) is 0.688. The van der Waals surface area contributed by atoms with E-state index in [1.165, 1.54) is 17.6 Å². The smallest absolute Gasteiger partial charge is 0.264 e. The number of thiophene rings is 1. The zero-order chi connectivity index (χ0) is 17.5. The van der Waals surface area contributed by atoms with Gasteiger partial charge in [0.25, 0.3) is 5.91 Å². The molecule has 0 spiro atoms. The summed E-state index contributed by atoms with van der Waals surface area (Å²) >= 11 is 1.47. The second-order valence-corrected chi connectivity index (χ2v) is 9.88. The first kappa shape index (κ1) is 17.8. The average molecular weight is 373 g/mol. The predicted octanol–water partition coefficient (Wildman–Crippen LogP) is 1.43. The SMILES string of the molecule is COCC12CCN(C(=O)c3sccc3C)CC1CN(S(C)(=O)=O)C2. The number of carbonyl (C=O) groups excluding carboxylic acids is 1. The van der Waals surface area contributed by atoms with Crippen molar-refractivity contribution < 1.29 is 17.9 Å². The van der Waals surface area contributed by atoms with Gasteiger partial charge in [0.2, 0.25) is 10.0 Å². The van der Waals surface area contributed by atoms with Gasteiger partial charge in [-0.25, -0.2) is 12.7 Å². The molecule has 2 fully saturated rings. The molecule has 2 atom stereocenters. The Labute approximate surface area is 147 Å². The fourth-order valence-electron chi connectivity index (χ4n) is 3.93. The maximum atomic E-state index is 12.8. The van der Waals surface area contributed by atoms with Crippen LogP contribution in [-0.4, -0.2) is 69.7 Å². The lowest BCUT2D eigenvalue weighted by atomic mass is 9.73. The molecule has 134 valence electrons. The summed E-state index contributed by atoms with van der Waals surface area (Å²) in [6.45, 7) is 4.67. The topological polar surface area (TPSA) is 66.9 Å². The molecule has 1 amide bonds. The molecule has 1 aromatic rings. The highest BCUT2D eigenvalue weighted by Gasteiger charge is 2.52. The van der Waals surface area contributed by atoms with Crippen molar-refractivity contribution in [1.82, 2.24) is 9.21 Å². The number of carbonyl (C=O) groups is 1. The van der Waals surface area contributed by atoms with E-state index in [0.29, 0.717) is 32.8 Å². The number of amides is 1. The number of hydrogen-bond acceptors (Lipinski definition) is 5. The molecule has 3 heterocycles. The predicted molar refractivity (Wildman–Crippen MR) is 93.8 cm³/mol. The Kier molecular flexibility index (Phi) is 4.76. The number of rotatable bonds is 4. The molecule has 0 bridgehead atoms. The van der Waals surface area contributed by atoms with Crippen LogP contribution in [0.5, 0.6) is 0 Å². The van der Waals surface area contributed by atoms with Crippen molar-refractivity contribution in [2.45, 2.75) is 13.3 Å². The second kappa shape index (κ2) is 6.40. The number of nitrogens with zero attached hydrogens (tertiary/aromatic N) is 2. The third kappa shape index (κ3) is 3.12. The first-order valence-corrected chi connectivity index (χ1v) is 10.8. The molecule has 6 nitrogen and oxygen atoms in total. The van der Waals surface area contributed by atoms with Gasteiger partial charge in [0, 0.05) is 38.7 Å². The lowest BCUT2D eigenvalue weighted by molar-refractivity contribution is 0.00357. The number of hydrogen-bond donors (Lipinski definition) is 0. The summed E-state index contributed by atoms with van der Waals surface area (Å²) in [5.74, 6) is 0.177. The minimum absolute atomic E-state index is 0.0614. The van der Waals surface area contributed by atoms with Crippen LogP contribution in [0.2, 0.25) is 0 Å². The van der Waals surface area contributed by atoms with E-state index in [1.807, 2.05) is 23.3 Å². The summed E-state index contributed by atoms with van der Waals surface area (Å²) in [6, 6.07) is 1.96. The van der Waals surface area contributed by atoms with E-state index in [1.54, 1.807) is 11.4 Å². The number of aryl methyl sites for hydroxylation is 1. The highest BCUT2D eigenvalue weighted by molar-refractivity contribution is 7.88. The van der Waals surface area contributed by atoms with Crippen LogP contribution < -0.4 is 0 Å². The third-order valence-corrected chi connectivity index (χ3v) is 7.57. The third-order valence-electron chi connectivity index (χ3n) is 5.35. The lowest BCUT2D eigenvalue weighted by Crippen LogP contribution is -2.50. The molecule has 0 aliphatic carbocycles. The van der Waals surface area contributed by atoms with Gasteiger partial charge >= 0.3 is 0 Å². The monoisotopic (exact) mass is 372 g/mol. The number of fused-ring (bicyclic) bond motifs is 1. The quantitative estimate of drug-likeness (QED) is 0.802. The van der Waals surface area contributed by atoms with E-state index in [4.69, 9.17) is 4.74 Å². The Hall–Kier alpha value is -0.960. The van der Waals surface area contributed by atoms with Gasteiger partial charge in [-0.15, -0.1) is 11.3 Å². The molecule has 0 radical (unpaired) electrons. The summed E-state index contributed by atoms with van der Waals surface area (Å²) in [6.07, 6.45) is 2.02. The maximum Gasteiger partial charge on any atom is 0.264 e. The summed E-state index contributed by atoms with van der Waals surface area (Å²) < 4.78 is 30.9. The fourth-order valence-corrected chi connectivity index (χ4v) is 5.76. The van der Waals surface area contributed by atoms with Gasteiger partial charge in [-0.3, -0.25) is 4.79 Å². The van der Waals surface area contributed by atoms with Gasteiger partial charge in [-0.05, 0) is 36.3 Å². The molecule has 8 heteroatoms. The van der Waals surface area contributed by atoms with E-state index < -0.39 is 10.0 Å². The van der Waals surface area contributed by atoms with E-state index in [-0.39, 0.29) is 17.2 Å². The normalized spacial score (nSPS) is 28.1. The van der Waals surface area contributed by atoms with Gasteiger partial charge in [0.05, 0.1) is 17.7 Å². The average Bonchev–Trinajstić information content (AvgIpc) is 3.09. The molecule has 3 rings (SSSR count). The lowest BCUT2D eigenvalue weighted by Gasteiger charge is -2.43. The summed E-state index contributed by atoms with van der Waals surface area (Å²) in [7, 11) is -1.57. The van der Waals surface area contributed by atoms with Crippen LogP contribution in [0.15, 0.2) is 11.4 Å². The Morgan fingerprint density at radius 2 is 2.21 bits per heavy atom. The van der Waals surface area contributed by atoms with Crippen LogP contribution in [0.3, 0.4) is 0 Å². The summed E-state index contributed by atoms with van der Waals surface area (Å²) in [5.41, 5.74) is 0.821. The molecule has 2 aliphatic rings. The van der Waals surface area contributed by atoms with Gasteiger partial charge in [-0.2, -0.15) is 0 Å². The second-order valence-electron chi connectivity index (χ2n) is 6.98. The molecular weight excluding hydrogens is 348 g/mol. The van der Waals surface area contributed by atoms with Gasteiger partial charge in [0.1, 0.15) is 0 Å². The summed E-state index contributed by atoms with van der Waals surface area (Å²) in [4.78, 5) is 15.4. The van der Waals surface area contributed by atoms with E-state index in [2.05, 4.69) is 0 Å². The molecule has 0 aromatic carbocycles. The van der Waals surface area contributed by atoms with Crippen molar-refractivity contribution in [2.75, 3.05) is 46.2 Å². The zero-order valence-electron chi connectivity index (χ0n) is 14.3. The molecule has 0 saturated carbocycles. The van der Waals surface area contributed by atoms with Crippen LogP contribution in [-0.2, 0) is 14.8 Å². The van der Waals surface area contributed by atoms with Crippen molar-refractivity contribution in [3.63, 3.8) is 0 Å². The van der Waals surface area contributed by atoms with Crippen LogP contribution in [0.25, 0.3) is 0 Å². The summed E-state index contributed by atoms with van der Waals surface area (Å²) in [5, 5.41) is 1.93. The Balaban J connectivity index is 1.81. The number of methoxy groups -OCH3 is 1. The van der Waals surface area contributed by atoms with Gasteiger partial charge < -0.3 is 9.64 Å². The van der Waals surface area contributed by atoms with Crippen molar-refractivity contribution in [3.8, 4) is 0 Å². The highest BCUT2D eigenvalue weighted by atomic mass is 32.2. The molecule has 0 N–H and O–H groups in total. The maximum absolute atomic E-state index is 12.8. The van der Waals surface area contributed by atoms with Crippen LogP contribution in [0.1, 0.15) is 21.7 Å².